The lowest BCUT2D eigenvalue weighted by Gasteiger charge is -2.12. The van der Waals surface area contributed by atoms with E-state index in [1.54, 1.807) is 36.4 Å². The molecule has 98 valence electrons. The van der Waals surface area contributed by atoms with Gasteiger partial charge in [-0.3, -0.25) is 0 Å². The maximum absolute atomic E-state index is 13.4. The molecule has 0 unspecified atom stereocenters. The minimum absolute atomic E-state index is 0.231. The van der Waals surface area contributed by atoms with E-state index in [9.17, 15) is 4.39 Å². The normalized spacial score (nSPS) is 10.1. The van der Waals surface area contributed by atoms with Crippen molar-refractivity contribution < 1.29 is 4.39 Å². The lowest BCUT2D eigenvalue weighted by atomic mass is 10.3. The van der Waals surface area contributed by atoms with Gasteiger partial charge in [0, 0.05) is 5.02 Å². The fourth-order valence-electron chi connectivity index (χ4n) is 1.43. The second-order valence-corrected chi connectivity index (χ2v) is 4.94. The third-order valence-electron chi connectivity index (χ3n) is 2.30. The van der Waals surface area contributed by atoms with Crippen LogP contribution in [0.25, 0.3) is 0 Å². The van der Waals surface area contributed by atoms with Crippen molar-refractivity contribution in [1.29, 1.82) is 0 Å². The number of thiocarbonyl (C=S) groups is 1. The first-order valence-corrected chi connectivity index (χ1v) is 6.50. The summed E-state index contributed by atoms with van der Waals surface area (Å²) in [5.41, 5.74) is 0.848. The first kappa shape index (κ1) is 14.1. The second kappa shape index (κ2) is 6.19. The van der Waals surface area contributed by atoms with Crippen LogP contribution in [-0.4, -0.2) is 5.11 Å². The average molecular weight is 315 g/mol. The number of halogens is 3. The van der Waals surface area contributed by atoms with Gasteiger partial charge in [-0.15, -0.1) is 0 Å². The Labute approximate surface area is 125 Å². The second-order valence-electron chi connectivity index (χ2n) is 3.68. The predicted octanol–water partition coefficient (Wildman–Crippen LogP) is 4.94. The molecule has 0 saturated carbocycles. The Bertz CT molecular complexity index is 619. The Morgan fingerprint density at radius 2 is 1.68 bits per heavy atom. The number of para-hydroxylation sites is 1. The average Bonchev–Trinajstić information content (AvgIpc) is 2.37. The van der Waals surface area contributed by atoms with Crippen LogP contribution in [0.1, 0.15) is 0 Å². The van der Waals surface area contributed by atoms with Crippen molar-refractivity contribution in [2.45, 2.75) is 0 Å². The Morgan fingerprint density at radius 3 is 2.42 bits per heavy atom. The molecular formula is C13H9Cl2FN2S. The van der Waals surface area contributed by atoms with Crippen LogP contribution >= 0.6 is 35.4 Å². The van der Waals surface area contributed by atoms with Crippen LogP contribution in [0, 0.1) is 5.82 Å². The fraction of sp³-hybridized carbons (Fsp3) is 0. The first-order valence-electron chi connectivity index (χ1n) is 5.34. The van der Waals surface area contributed by atoms with Crippen LogP contribution in [-0.2, 0) is 0 Å². The largest absolute Gasteiger partial charge is 0.331 e. The molecule has 0 saturated heterocycles. The topological polar surface area (TPSA) is 24.1 Å². The Balaban J connectivity index is 2.10. The van der Waals surface area contributed by atoms with Gasteiger partial charge in [-0.05, 0) is 42.5 Å². The molecule has 0 bridgehead atoms. The molecule has 2 aromatic rings. The van der Waals surface area contributed by atoms with E-state index in [-0.39, 0.29) is 16.6 Å². The van der Waals surface area contributed by atoms with Crippen molar-refractivity contribution in [3.05, 3.63) is 58.3 Å². The summed E-state index contributed by atoms with van der Waals surface area (Å²) in [5.74, 6) is -0.385. The standard InChI is InChI=1S/C13H9Cl2FN2S/c14-8-5-6-9(15)12(7-8)18-13(19)17-11-4-2-1-3-10(11)16/h1-7H,(H2,17,18,19). The lowest BCUT2D eigenvalue weighted by molar-refractivity contribution is 0.632. The number of nitrogens with one attached hydrogen (secondary N) is 2. The third kappa shape index (κ3) is 3.80. The van der Waals surface area contributed by atoms with Gasteiger partial charge in [-0.25, -0.2) is 4.39 Å². The van der Waals surface area contributed by atoms with Crippen molar-refractivity contribution in [3.63, 3.8) is 0 Å². The summed E-state index contributed by atoms with van der Waals surface area (Å²) in [6, 6.07) is 11.2. The highest BCUT2D eigenvalue weighted by Gasteiger charge is 2.06. The summed E-state index contributed by atoms with van der Waals surface area (Å²) in [6.07, 6.45) is 0. The Kier molecular flexibility index (Phi) is 4.58. The maximum atomic E-state index is 13.4. The van der Waals surface area contributed by atoms with Crippen molar-refractivity contribution in [2.24, 2.45) is 0 Å². The monoisotopic (exact) mass is 314 g/mol. The smallest absolute Gasteiger partial charge is 0.175 e. The summed E-state index contributed by atoms with van der Waals surface area (Å²) in [7, 11) is 0. The van der Waals surface area contributed by atoms with E-state index in [1.807, 2.05) is 0 Å². The van der Waals surface area contributed by atoms with E-state index in [1.165, 1.54) is 6.07 Å². The van der Waals surface area contributed by atoms with Crippen LogP contribution < -0.4 is 10.6 Å². The molecule has 6 heteroatoms. The van der Waals surface area contributed by atoms with Crippen molar-refractivity contribution in [2.75, 3.05) is 10.6 Å². The number of hydrogen-bond acceptors (Lipinski definition) is 1. The van der Waals surface area contributed by atoms with Gasteiger partial charge in [0.15, 0.2) is 5.11 Å². The van der Waals surface area contributed by atoms with Gasteiger partial charge < -0.3 is 10.6 Å². The summed E-state index contributed by atoms with van der Waals surface area (Å²) in [5, 5.41) is 6.85. The molecule has 0 aliphatic carbocycles. The summed E-state index contributed by atoms with van der Waals surface area (Å²) >= 11 is 16.9. The molecule has 2 aromatic carbocycles. The summed E-state index contributed by atoms with van der Waals surface area (Å²) in [4.78, 5) is 0. The van der Waals surface area contributed by atoms with Crippen LogP contribution in [0.5, 0.6) is 0 Å². The molecule has 0 aliphatic rings. The zero-order chi connectivity index (χ0) is 13.8. The third-order valence-corrected chi connectivity index (χ3v) is 3.07. The van der Waals surface area contributed by atoms with E-state index in [4.69, 9.17) is 35.4 Å². The summed E-state index contributed by atoms with van der Waals surface area (Å²) in [6.45, 7) is 0. The van der Waals surface area contributed by atoms with Gasteiger partial charge in [0.2, 0.25) is 0 Å². The molecule has 0 fully saturated rings. The van der Waals surface area contributed by atoms with E-state index in [0.717, 1.165) is 0 Å². The van der Waals surface area contributed by atoms with Crippen molar-refractivity contribution in [3.8, 4) is 0 Å². The molecule has 0 radical (unpaired) electrons. The highest BCUT2D eigenvalue weighted by Crippen LogP contribution is 2.25. The highest BCUT2D eigenvalue weighted by atomic mass is 35.5. The van der Waals surface area contributed by atoms with E-state index < -0.39 is 0 Å². The molecule has 2 rings (SSSR count). The molecular weight excluding hydrogens is 306 g/mol. The van der Waals surface area contributed by atoms with E-state index in [0.29, 0.717) is 15.7 Å². The lowest BCUT2D eigenvalue weighted by Crippen LogP contribution is -2.19. The van der Waals surface area contributed by atoms with Gasteiger partial charge in [0.05, 0.1) is 16.4 Å². The van der Waals surface area contributed by atoms with Crippen LogP contribution in [0.15, 0.2) is 42.5 Å². The molecule has 0 spiro atoms. The molecule has 0 atom stereocenters. The molecule has 0 amide bonds. The highest BCUT2D eigenvalue weighted by molar-refractivity contribution is 7.80. The minimum Gasteiger partial charge on any atom is -0.331 e. The van der Waals surface area contributed by atoms with Crippen LogP contribution in [0.4, 0.5) is 15.8 Å². The van der Waals surface area contributed by atoms with Crippen LogP contribution in [0.2, 0.25) is 10.0 Å². The summed E-state index contributed by atoms with van der Waals surface area (Å²) < 4.78 is 13.4. The molecule has 0 aliphatic heterocycles. The van der Waals surface area contributed by atoms with E-state index >= 15 is 0 Å². The van der Waals surface area contributed by atoms with Crippen molar-refractivity contribution in [1.82, 2.24) is 0 Å². The zero-order valence-electron chi connectivity index (χ0n) is 9.58. The van der Waals surface area contributed by atoms with Gasteiger partial charge in [-0.2, -0.15) is 0 Å². The Hall–Kier alpha value is -1.36. The zero-order valence-corrected chi connectivity index (χ0v) is 11.9. The van der Waals surface area contributed by atoms with Gasteiger partial charge in [0.25, 0.3) is 0 Å². The predicted molar refractivity (Wildman–Crippen MR) is 82.7 cm³/mol. The maximum Gasteiger partial charge on any atom is 0.175 e. The molecule has 0 aromatic heterocycles. The van der Waals surface area contributed by atoms with Crippen molar-refractivity contribution >= 4 is 51.9 Å². The SMILES string of the molecule is Fc1ccccc1NC(=S)Nc1cc(Cl)ccc1Cl. The van der Waals surface area contributed by atoms with Gasteiger partial charge in [-0.1, -0.05) is 35.3 Å². The molecule has 0 heterocycles. The number of hydrogen-bond donors (Lipinski definition) is 2. The minimum atomic E-state index is -0.385. The Morgan fingerprint density at radius 1 is 1.00 bits per heavy atom. The fourth-order valence-corrected chi connectivity index (χ4v) is 1.99. The number of anilines is 2. The van der Waals surface area contributed by atoms with Gasteiger partial charge >= 0.3 is 0 Å². The van der Waals surface area contributed by atoms with Crippen LogP contribution in [0.3, 0.4) is 0 Å². The van der Waals surface area contributed by atoms with E-state index in [2.05, 4.69) is 10.6 Å². The first-order chi connectivity index (χ1) is 9.06. The number of benzene rings is 2. The molecule has 19 heavy (non-hydrogen) atoms. The molecule has 2 nitrogen and oxygen atoms in total. The quantitative estimate of drug-likeness (QED) is 0.768. The number of rotatable bonds is 2. The molecule has 2 N–H and O–H groups in total. The van der Waals surface area contributed by atoms with Gasteiger partial charge in [0.1, 0.15) is 5.82 Å².